The number of rotatable bonds is 5. The molecule has 0 N–H and O–H groups in total. The van der Waals surface area contributed by atoms with Gasteiger partial charge in [-0.25, -0.2) is 9.97 Å². The van der Waals surface area contributed by atoms with Crippen LogP contribution in [0.5, 0.6) is 5.75 Å². The first-order valence-electron chi connectivity index (χ1n) is 8.43. The molecule has 0 aliphatic carbocycles. The second-order valence-electron chi connectivity index (χ2n) is 6.11. The van der Waals surface area contributed by atoms with Gasteiger partial charge in [-0.3, -0.25) is 0 Å². The van der Waals surface area contributed by atoms with Crippen molar-refractivity contribution in [3.63, 3.8) is 0 Å². The summed E-state index contributed by atoms with van der Waals surface area (Å²) >= 11 is 1.65. The molecule has 2 aromatic heterocycles. The van der Waals surface area contributed by atoms with Gasteiger partial charge in [-0.1, -0.05) is 35.5 Å². The van der Waals surface area contributed by atoms with Crippen LogP contribution in [0, 0.1) is 6.92 Å². The predicted octanol–water partition coefficient (Wildman–Crippen LogP) is 5.01. The molecule has 0 atom stereocenters. The largest absolute Gasteiger partial charge is 0.486 e. The molecule has 0 saturated carbocycles. The maximum atomic E-state index is 5.88. The third-order valence-corrected chi connectivity index (χ3v) is 5.13. The lowest BCUT2D eigenvalue weighted by Crippen LogP contribution is -2.03. The topological polar surface area (TPSA) is 39.9 Å². The number of hydrogen-bond donors (Lipinski definition) is 0. The summed E-state index contributed by atoms with van der Waals surface area (Å²) in [7, 11) is 2.03. The quantitative estimate of drug-likeness (QED) is 0.501. The Morgan fingerprint density at radius 3 is 2.65 bits per heavy atom. The van der Waals surface area contributed by atoms with Crippen molar-refractivity contribution in [2.45, 2.75) is 23.5 Å². The van der Waals surface area contributed by atoms with Gasteiger partial charge in [0.2, 0.25) is 0 Å². The van der Waals surface area contributed by atoms with Gasteiger partial charge in [0.05, 0.1) is 11.0 Å². The first-order valence-corrected chi connectivity index (χ1v) is 9.24. The fraction of sp³-hybridized carbons (Fsp3) is 0.143. The molecule has 0 spiro atoms. The normalized spacial score (nSPS) is 11.0. The highest BCUT2D eigenvalue weighted by Crippen LogP contribution is 2.29. The third kappa shape index (κ3) is 3.58. The van der Waals surface area contributed by atoms with Crippen LogP contribution in [0.3, 0.4) is 0 Å². The van der Waals surface area contributed by atoms with E-state index in [1.165, 1.54) is 5.56 Å². The summed E-state index contributed by atoms with van der Waals surface area (Å²) in [5, 5.41) is 0.983. The zero-order valence-corrected chi connectivity index (χ0v) is 15.5. The first-order chi connectivity index (χ1) is 12.7. The summed E-state index contributed by atoms with van der Waals surface area (Å²) in [6.45, 7) is 2.51. The van der Waals surface area contributed by atoms with E-state index >= 15 is 0 Å². The number of aryl methyl sites for hydroxylation is 2. The van der Waals surface area contributed by atoms with Crippen LogP contribution in [0.4, 0.5) is 0 Å². The van der Waals surface area contributed by atoms with Crippen molar-refractivity contribution in [3.05, 3.63) is 78.2 Å². The number of nitrogens with zero attached hydrogens (tertiary/aromatic N) is 3. The summed E-state index contributed by atoms with van der Waals surface area (Å²) < 4.78 is 7.97. The van der Waals surface area contributed by atoms with Gasteiger partial charge in [0.1, 0.15) is 23.2 Å². The molecule has 4 nitrogen and oxygen atoms in total. The van der Waals surface area contributed by atoms with Crippen molar-refractivity contribution < 1.29 is 4.74 Å². The Hall–Kier alpha value is -2.79. The maximum Gasteiger partial charge on any atom is 0.147 e. The Balaban J connectivity index is 1.55. The lowest BCUT2D eigenvalue weighted by molar-refractivity contribution is 0.292. The number of aromatic nitrogens is 3. The van der Waals surface area contributed by atoms with Gasteiger partial charge in [0.25, 0.3) is 0 Å². The minimum atomic E-state index is 0.441. The Morgan fingerprint density at radius 1 is 1.04 bits per heavy atom. The smallest absolute Gasteiger partial charge is 0.147 e. The number of imidazole rings is 1. The van der Waals surface area contributed by atoms with E-state index in [9.17, 15) is 0 Å². The molecular weight excluding hydrogens is 342 g/mol. The summed E-state index contributed by atoms with van der Waals surface area (Å²) in [6, 6.07) is 20.3. The van der Waals surface area contributed by atoms with E-state index in [1.54, 1.807) is 11.8 Å². The summed E-state index contributed by atoms with van der Waals surface area (Å²) in [5.41, 5.74) is 3.28. The van der Waals surface area contributed by atoms with Gasteiger partial charge in [0, 0.05) is 18.1 Å². The molecule has 0 radical (unpaired) electrons. The zero-order valence-electron chi connectivity index (χ0n) is 14.7. The minimum absolute atomic E-state index is 0.441. The lowest BCUT2D eigenvalue weighted by Gasteiger charge is -2.07. The van der Waals surface area contributed by atoms with E-state index in [2.05, 4.69) is 34.7 Å². The average molecular weight is 361 g/mol. The fourth-order valence-corrected chi connectivity index (χ4v) is 3.53. The van der Waals surface area contributed by atoms with Crippen LogP contribution >= 0.6 is 11.8 Å². The van der Waals surface area contributed by atoms with Crippen LogP contribution in [-0.2, 0) is 13.7 Å². The Kier molecular flexibility index (Phi) is 4.63. The highest BCUT2D eigenvalue weighted by Gasteiger charge is 2.10. The van der Waals surface area contributed by atoms with Gasteiger partial charge in [-0.15, -0.1) is 0 Å². The van der Waals surface area contributed by atoms with Crippen molar-refractivity contribution in [1.29, 1.82) is 0 Å². The molecule has 0 saturated heterocycles. The number of ether oxygens (including phenoxy) is 1. The standard InChI is InChI=1S/C21H19N3OS/c1-15-6-8-16(9-7-15)25-14-20-23-18-11-10-17(13-19(18)24(20)2)26-21-5-3-4-12-22-21/h3-13H,14H2,1-2H3. The summed E-state index contributed by atoms with van der Waals surface area (Å²) in [5.74, 6) is 1.76. The van der Waals surface area contributed by atoms with Gasteiger partial charge >= 0.3 is 0 Å². The van der Waals surface area contributed by atoms with Crippen LogP contribution in [0.25, 0.3) is 11.0 Å². The Labute approximate surface area is 156 Å². The van der Waals surface area contributed by atoms with Crippen molar-refractivity contribution >= 4 is 22.8 Å². The summed E-state index contributed by atoms with van der Waals surface area (Å²) in [6.07, 6.45) is 1.81. The van der Waals surface area contributed by atoms with E-state index in [-0.39, 0.29) is 0 Å². The Morgan fingerprint density at radius 2 is 1.88 bits per heavy atom. The van der Waals surface area contributed by atoms with E-state index in [0.717, 1.165) is 32.5 Å². The molecule has 0 amide bonds. The van der Waals surface area contributed by atoms with Crippen LogP contribution in [-0.4, -0.2) is 14.5 Å². The number of hydrogen-bond acceptors (Lipinski definition) is 4. The molecule has 2 heterocycles. The number of fused-ring (bicyclic) bond motifs is 1. The monoisotopic (exact) mass is 361 g/mol. The lowest BCUT2D eigenvalue weighted by atomic mass is 10.2. The molecule has 0 aliphatic heterocycles. The minimum Gasteiger partial charge on any atom is -0.486 e. The van der Waals surface area contributed by atoms with Crippen molar-refractivity contribution in [3.8, 4) is 5.75 Å². The molecule has 5 heteroatoms. The SMILES string of the molecule is Cc1ccc(OCc2nc3ccc(Sc4ccccn4)cc3n2C)cc1. The molecule has 2 aromatic carbocycles. The van der Waals surface area contributed by atoms with Crippen molar-refractivity contribution in [2.24, 2.45) is 7.05 Å². The van der Waals surface area contributed by atoms with Gasteiger partial charge in [0.15, 0.2) is 0 Å². The molecule has 4 rings (SSSR count). The maximum absolute atomic E-state index is 5.88. The molecule has 0 bridgehead atoms. The van der Waals surface area contributed by atoms with Crippen LogP contribution < -0.4 is 4.74 Å². The van der Waals surface area contributed by atoms with Crippen LogP contribution in [0.1, 0.15) is 11.4 Å². The van der Waals surface area contributed by atoms with Crippen molar-refractivity contribution in [1.82, 2.24) is 14.5 Å². The van der Waals surface area contributed by atoms with Gasteiger partial charge < -0.3 is 9.30 Å². The highest BCUT2D eigenvalue weighted by atomic mass is 32.2. The van der Waals surface area contributed by atoms with Crippen molar-refractivity contribution in [2.75, 3.05) is 0 Å². The molecule has 0 aliphatic rings. The first kappa shape index (κ1) is 16.7. The van der Waals surface area contributed by atoms with E-state index in [1.807, 2.05) is 55.7 Å². The number of pyridine rings is 1. The third-order valence-electron chi connectivity index (χ3n) is 4.19. The zero-order chi connectivity index (χ0) is 17.9. The fourth-order valence-electron chi connectivity index (χ4n) is 2.72. The molecular formula is C21H19N3OS. The molecule has 4 aromatic rings. The molecule has 0 unspecified atom stereocenters. The van der Waals surface area contributed by atoms with E-state index in [4.69, 9.17) is 9.72 Å². The predicted molar refractivity (Wildman–Crippen MR) is 105 cm³/mol. The second-order valence-corrected chi connectivity index (χ2v) is 7.20. The van der Waals surface area contributed by atoms with Crippen LogP contribution in [0.2, 0.25) is 0 Å². The molecule has 26 heavy (non-hydrogen) atoms. The number of benzene rings is 2. The second kappa shape index (κ2) is 7.22. The average Bonchev–Trinajstić information content (AvgIpc) is 2.98. The Bertz CT molecular complexity index is 1030. The highest BCUT2D eigenvalue weighted by molar-refractivity contribution is 7.99. The van der Waals surface area contributed by atoms with Gasteiger partial charge in [-0.05, 0) is 49.4 Å². The van der Waals surface area contributed by atoms with E-state index in [0.29, 0.717) is 6.61 Å². The molecule has 130 valence electrons. The molecule has 0 fully saturated rings. The van der Waals surface area contributed by atoms with Crippen LogP contribution in [0.15, 0.2) is 76.8 Å². The van der Waals surface area contributed by atoms with E-state index < -0.39 is 0 Å². The summed E-state index contributed by atoms with van der Waals surface area (Å²) in [4.78, 5) is 10.2. The van der Waals surface area contributed by atoms with Gasteiger partial charge in [-0.2, -0.15) is 0 Å².